The molecule has 1 saturated heterocycles. The molecule has 0 aromatic heterocycles. The Morgan fingerprint density at radius 2 is 1.86 bits per heavy atom. The maximum absolute atomic E-state index is 12.6. The molecule has 1 aliphatic rings. The first kappa shape index (κ1) is 16.5. The average molecular weight is 305 g/mol. The molecule has 0 saturated carbocycles. The molecule has 6 heteroatoms. The average Bonchev–Trinajstić information content (AvgIpc) is 2.54. The number of rotatable bonds is 4. The number of anilines is 1. The highest BCUT2D eigenvalue weighted by Gasteiger charge is 2.23. The highest BCUT2D eigenvalue weighted by Crippen LogP contribution is 2.19. The Hall–Kier alpha value is -1.92. The summed E-state index contributed by atoms with van der Waals surface area (Å²) in [5.41, 5.74) is 6.77. The van der Waals surface area contributed by atoms with E-state index in [0.29, 0.717) is 37.6 Å². The predicted octanol–water partition coefficient (Wildman–Crippen LogP) is 1.08. The fourth-order valence-corrected chi connectivity index (χ4v) is 2.20. The highest BCUT2D eigenvalue weighted by atomic mass is 16.5. The lowest BCUT2D eigenvalue weighted by atomic mass is 10.0. The van der Waals surface area contributed by atoms with Gasteiger partial charge in [0.1, 0.15) is 0 Å². The Balaban J connectivity index is 2.16. The molecular weight excluding hydrogens is 282 g/mol. The van der Waals surface area contributed by atoms with E-state index >= 15 is 0 Å². The van der Waals surface area contributed by atoms with E-state index in [0.717, 1.165) is 0 Å². The summed E-state index contributed by atoms with van der Waals surface area (Å²) in [4.78, 5) is 26.5. The second-order valence-corrected chi connectivity index (χ2v) is 5.59. The third kappa shape index (κ3) is 3.84. The Morgan fingerprint density at radius 3 is 2.50 bits per heavy atom. The van der Waals surface area contributed by atoms with Crippen LogP contribution >= 0.6 is 0 Å². The van der Waals surface area contributed by atoms with Gasteiger partial charge >= 0.3 is 0 Å². The number of carbonyl (C=O) groups is 2. The minimum atomic E-state index is -0.327. The van der Waals surface area contributed by atoms with Crippen molar-refractivity contribution < 1.29 is 14.3 Å². The first-order chi connectivity index (χ1) is 10.5. The lowest BCUT2D eigenvalue weighted by Gasteiger charge is -2.27. The zero-order valence-electron chi connectivity index (χ0n) is 13.0. The Kier molecular flexibility index (Phi) is 5.51. The number of ether oxygens (including phenoxy) is 1. The van der Waals surface area contributed by atoms with Crippen molar-refractivity contribution in [3.8, 4) is 0 Å². The van der Waals surface area contributed by atoms with Crippen LogP contribution in [0.15, 0.2) is 24.3 Å². The quantitative estimate of drug-likeness (QED) is 0.872. The third-order valence-corrected chi connectivity index (χ3v) is 3.92. The highest BCUT2D eigenvalue weighted by molar-refractivity contribution is 6.04. The largest absolute Gasteiger partial charge is 0.378 e. The normalized spacial score (nSPS) is 17.7. The van der Waals surface area contributed by atoms with E-state index in [9.17, 15) is 9.59 Å². The van der Waals surface area contributed by atoms with Crippen LogP contribution in [0, 0.1) is 5.92 Å². The molecule has 1 aromatic rings. The standard InChI is InChI=1S/C16H23N3O3/c1-11(12(2)17)15(20)18-14-6-4-3-5-13(14)16(21)19-7-9-22-10-8-19/h3-6,11-12H,7-10,17H2,1-2H3,(H,18,20). The van der Waals surface area contributed by atoms with Crippen molar-refractivity contribution in [2.24, 2.45) is 11.7 Å². The number of carbonyl (C=O) groups excluding carboxylic acids is 2. The van der Waals surface area contributed by atoms with Gasteiger partial charge in [-0.3, -0.25) is 9.59 Å². The molecule has 2 atom stereocenters. The van der Waals surface area contributed by atoms with Crippen molar-refractivity contribution in [1.82, 2.24) is 4.90 Å². The summed E-state index contributed by atoms with van der Waals surface area (Å²) >= 11 is 0. The molecule has 3 N–H and O–H groups in total. The van der Waals surface area contributed by atoms with Crippen molar-refractivity contribution in [2.45, 2.75) is 19.9 Å². The van der Waals surface area contributed by atoms with Crippen molar-refractivity contribution in [2.75, 3.05) is 31.6 Å². The third-order valence-electron chi connectivity index (χ3n) is 3.92. The molecule has 1 aromatic carbocycles. The number of amides is 2. The number of hydrogen-bond donors (Lipinski definition) is 2. The van der Waals surface area contributed by atoms with Gasteiger partial charge in [-0.1, -0.05) is 19.1 Å². The van der Waals surface area contributed by atoms with Crippen LogP contribution in [0.2, 0.25) is 0 Å². The molecule has 6 nitrogen and oxygen atoms in total. The first-order valence-electron chi connectivity index (χ1n) is 7.53. The lowest BCUT2D eigenvalue weighted by Crippen LogP contribution is -2.41. The number of hydrogen-bond acceptors (Lipinski definition) is 4. The van der Waals surface area contributed by atoms with E-state index in [1.807, 2.05) is 0 Å². The van der Waals surface area contributed by atoms with Gasteiger partial charge in [0.2, 0.25) is 5.91 Å². The Morgan fingerprint density at radius 1 is 1.23 bits per heavy atom. The minimum absolute atomic E-state index is 0.0901. The molecule has 0 radical (unpaired) electrons. The number of para-hydroxylation sites is 1. The molecular formula is C16H23N3O3. The minimum Gasteiger partial charge on any atom is -0.378 e. The SMILES string of the molecule is CC(N)C(C)C(=O)Nc1ccccc1C(=O)N1CCOCC1. The molecule has 120 valence electrons. The fraction of sp³-hybridized carbons (Fsp3) is 0.500. The maximum atomic E-state index is 12.6. The monoisotopic (exact) mass is 305 g/mol. The Bertz CT molecular complexity index is 539. The molecule has 1 fully saturated rings. The molecule has 22 heavy (non-hydrogen) atoms. The summed E-state index contributed by atoms with van der Waals surface area (Å²) < 4.78 is 5.26. The van der Waals surface area contributed by atoms with E-state index < -0.39 is 0 Å². The number of nitrogens with zero attached hydrogens (tertiary/aromatic N) is 1. The second kappa shape index (κ2) is 7.38. The van der Waals surface area contributed by atoms with Crippen LogP contribution in [0.3, 0.4) is 0 Å². The first-order valence-corrected chi connectivity index (χ1v) is 7.53. The van der Waals surface area contributed by atoms with Crippen molar-refractivity contribution in [3.63, 3.8) is 0 Å². The van der Waals surface area contributed by atoms with Gasteiger partial charge in [0.15, 0.2) is 0 Å². The van der Waals surface area contributed by atoms with E-state index in [-0.39, 0.29) is 23.8 Å². The number of nitrogens with one attached hydrogen (secondary N) is 1. The molecule has 0 spiro atoms. The summed E-state index contributed by atoms with van der Waals surface area (Å²) in [7, 11) is 0. The van der Waals surface area contributed by atoms with Crippen molar-refractivity contribution in [1.29, 1.82) is 0 Å². The number of morpholine rings is 1. The van der Waals surface area contributed by atoms with Crippen LogP contribution < -0.4 is 11.1 Å². The Labute approximate surface area is 130 Å². The summed E-state index contributed by atoms with van der Waals surface area (Å²) in [6.45, 7) is 5.78. The smallest absolute Gasteiger partial charge is 0.256 e. The summed E-state index contributed by atoms with van der Waals surface area (Å²) in [5.74, 6) is -0.601. The van der Waals surface area contributed by atoms with Gasteiger partial charge in [0, 0.05) is 19.1 Å². The number of nitrogens with two attached hydrogens (primary N) is 1. The van der Waals surface area contributed by atoms with Gasteiger partial charge in [0.25, 0.3) is 5.91 Å². The molecule has 2 unspecified atom stereocenters. The van der Waals surface area contributed by atoms with Crippen molar-refractivity contribution in [3.05, 3.63) is 29.8 Å². The van der Waals surface area contributed by atoms with Gasteiger partial charge < -0.3 is 20.7 Å². The second-order valence-electron chi connectivity index (χ2n) is 5.59. The maximum Gasteiger partial charge on any atom is 0.256 e. The lowest BCUT2D eigenvalue weighted by molar-refractivity contribution is -0.119. The zero-order valence-corrected chi connectivity index (χ0v) is 13.0. The molecule has 0 bridgehead atoms. The van der Waals surface area contributed by atoms with Gasteiger partial charge in [-0.25, -0.2) is 0 Å². The molecule has 1 aliphatic heterocycles. The van der Waals surface area contributed by atoms with E-state index in [1.54, 1.807) is 43.0 Å². The molecule has 0 aliphatic carbocycles. The van der Waals surface area contributed by atoms with Crippen LogP contribution in [-0.2, 0) is 9.53 Å². The van der Waals surface area contributed by atoms with Gasteiger partial charge in [0.05, 0.1) is 30.4 Å². The van der Waals surface area contributed by atoms with E-state index in [4.69, 9.17) is 10.5 Å². The van der Waals surface area contributed by atoms with Crippen LogP contribution in [0.4, 0.5) is 5.69 Å². The zero-order chi connectivity index (χ0) is 16.1. The molecule has 1 heterocycles. The number of benzene rings is 1. The topological polar surface area (TPSA) is 84.7 Å². The summed E-state index contributed by atoms with van der Waals surface area (Å²) in [6, 6.07) is 6.80. The summed E-state index contributed by atoms with van der Waals surface area (Å²) in [6.07, 6.45) is 0. The molecule has 2 amide bonds. The van der Waals surface area contributed by atoms with Gasteiger partial charge in [-0.05, 0) is 19.1 Å². The van der Waals surface area contributed by atoms with Gasteiger partial charge in [-0.15, -0.1) is 0 Å². The van der Waals surface area contributed by atoms with E-state index in [1.165, 1.54) is 0 Å². The molecule has 2 rings (SSSR count). The van der Waals surface area contributed by atoms with Crippen LogP contribution in [-0.4, -0.2) is 49.1 Å². The van der Waals surface area contributed by atoms with Crippen LogP contribution in [0.25, 0.3) is 0 Å². The fourth-order valence-electron chi connectivity index (χ4n) is 2.20. The van der Waals surface area contributed by atoms with E-state index in [2.05, 4.69) is 5.32 Å². The van der Waals surface area contributed by atoms with Crippen LogP contribution in [0.5, 0.6) is 0 Å². The van der Waals surface area contributed by atoms with Gasteiger partial charge in [-0.2, -0.15) is 0 Å². The predicted molar refractivity (Wildman–Crippen MR) is 84.6 cm³/mol. The summed E-state index contributed by atoms with van der Waals surface area (Å²) in [5, 5.41) is 2.81. The van der Waals surface area contributed by atoms with Crippen LogP contribution in [0.1, 0.15) is 24.2 Å². The van der Waals surface area contributed by atoms with Crippen molar-refractivity contribution >= 4 is 17.5 Å².